The summed E-state index contributed by atoms with van der Waals surface area (Å²) >= 11 is 1.71. The Hall–Kier alpha value is -0.750. The van der Waals surface area contributed by atoms with Crippen molar-refractivity contribution in [3.63, 3.8) is 0 Å². The zero-order chi connectivity index (χ0) is 12.4. The first-order chi connectivity index (χ1) is 8.84. The number of aryl methyl sites for hydroxylation is 1. The molecule has 2 aromatic rings. The van der Waals surface area contributed by atoms with Crippen molar-refractivity contribution in [1.29, 1.82) is 0 Å². The molecule has 19 heavy (non-hydrogen) atoms. The van der Waals surface area contributed by atoms with Gasteiger partial charge >= 0.3 is 0 Å². The number of ether oxygens (including phenoxy) is 2. The fourth-order valence-corrected chi connectivity index (χ4v) is 3.10. The first-order valence-corrected chi connectivity index (χ1v) is 6.97. The second kappa shape index (κ2) is 6.61. The van der Waals surface area contributed by atoms with Gasteiger partial charge in [0.1, 0.15) is 0 Å². The Morgan fingerprint density at radius 1 is 1.21 bits per heavy atom. The summed E-state index contributed by atoms with van der Waals surface area (Å²) < 4.78 is 13.5. The van der Waals surface area contributed by atoms with Gasteiger partial charge < -0.3 is 26.5 Å². The molecule has 2 heterocycles. The van der Waals surface area contributed by atoms with E-state index in [9.17, 15) is 0 Å². The number of thiazole rings is 1. The SMILES string of the molecule is Cc1csc(C2OCCO2)[n+]1Cc1ccccc1.[Br-]. The summed E-state index contributed by atoms with van der Waals surface area (Å²) in [6.07, 6.45) is -0.188. The highest BCUT2D eigenvalue weighted by atomic mass is 79.9. The summed E-state index contributed by atoms with van der Waals surface area (Å²) in [5.41, 5.74) is 2.54. The van der Waals surface area contributed by atoms with Crippen LogP contribution in [0.25, 0.3) is 0 Å². The van der Waals surface area contributed by atoms with E-state index in [4.69, 9.17) is 9.47 Å². The first kappa shape index (κ1) is 14.7. The largest absolute Gasteiger partial charge is 1.00 e. The van der Waals surface area contributed by atoms with Gasteiger partial charge in [0.15, 0.2) is 12.2 Å². The van der Waals surface area contributed by atoms with Gasteiger partial charge in [0.05, 0.1) is 18.6 Å². The van der Waals surface area contributed by atoms with E-state index in [1.165, 1.54) is 11.3 Å². The molecule has 1 aliphatic rings. The fraction of sp³-hybridized carbons (Fsp3) is 0.357. The molecule has 1 saturated heterocycles. The minimum absolute atomic E-state index is 0. The first-order valence-electron chi connectivity index (χ1n) is 6.09. The molecule has 0 spiro atoms. The Bertz CT molecular complexity index is 523. The van der Waals surface area contributed by atoms with E-state index in [2.05, 4.69) is 41.1 Å². The number of hydrogen-bond donors (Lipinski definition) is 0. The molecule has 0 aliphatic carbocycles. The quantitative estimate of drug-likeness (QED) is 0.698. The molecular formula is C14H16BrNO2S. The van der Waals surface area contributed by atoms with Crippen molar-refractivity contribution in [2.75, 3.05) is 13.2 Å². The summed E-state index contributed by atoms with van der Waals surface area (Å²) in [7, 11) is 0. The average Bonchev–Trinajstić information content (AvgIpc) is 3.02. The van der Waals surface area contributed by atoms with Crippen molar-refractivity contribution in [3.8, 4) is 0 Å². The van der Waals surface area contributed by atoms with Crippen LogP contribution in [0.2, 0.25) is 0 Å². The third-order valence-electron chi connectivity index (χ3n) is 3.05. The summed E-state index contributed by atoms with van der Waals surface area (Å²) in [6, 6.07) is 10.5. The second-order valence-electron chi connectivity index (χ2n) is 4.36. The molecule has 1 aromatic carbocycles. The van der Waals surface area contributed by atoms with Crippen LogP contribution in [0.4, 0.5) is 0 Å². The van der Waals surface area contributed by atoms with Crippen molar-refractivity contribution >= 4 is 11.3 Å². The molecule has 0 atom stereocenters. The zero-order valence-corrected chi connectivity index (χ0v) is 13.1. The molecular weight excluding hydrogens is 326 g/mol. The Balaban J connectivity index is 0.00000133. The van der Waals surface area contributed by atoms with Gasteiger partial charge in [-0.05, 0) is 0 Å². The molecule has 0 amide bonds. The number of benzene rings is 1. The third-order valence-corrected chi connectivity index (χ3v) is 4.16. The second-order valence-corrected chi connectivity index (χ2v) is 5.25. The molecule has 1 fully saturated rings. The van der Waals surface area contributed by atoms with Crippen molar-refractivity contribution in [2.45, 2.75) is 19.8 Å². The van der Waals surface area contributed by atoms with Crippen LogP contribution < -0.4 is 21.5 Å². The summed E-state index contributed by atoms with van der Waals surface area (Å²) in [6.45, 7) is 4.37. The topological polar surface area (TPSA) is 22.3 Å². The van der Waals surface area contributed by atoms with Crippen LogP contribution in [0, 0.1) is 6.92 Å². The molecule has 1 aliphatic heterocycles. The fourth-order valence-electron chi connectivity index (χ4n) is 2.10. The van der Waals surface area contributed by atoms with Crippen LogP contribution >= 0.6 is 11.3 Å². The molecule has 0 saturated carbocycles. The van der Waals surface area contributed by atoms with Gasteiger partial charge in [-0.25, -0.2) is 0 Å². The predicted octanol–water partition coefficient (Wildman–Crippen LogP) is -0.558. The number of halogens is 1. The van der Waals surface area contributed by atoms with Gasteiger partial charge in [-0.3, -0.25) is 0 Å². The molecule has 1 aromatic heterocycles. The number of aromatic nitrogens is 1. The lowest BCUT2D eigenvalue weighted by atomic mass is 10.2. The predicted molar refractivity (Wildman–Crippen MR) is 69.4 cm³/mol. The average molecular weight is 342 g/mol. The van der Waals surface area contributed by atoms with E-state index < -0.39 is 0 Å². The lowest BCUT2D eigenvalue weighted by molar-refractivity contribution is -0.702. The number of nitrogens with zero attached hydrogens (tertiary/aromatic N) is 1. The Morgan fingerprint density at radius 2 is 1.89 bits per heavy atom. The number of rotatable bonds is 3. The van der Waals surface area contributed by atoms with E-state index in [1.54, 1.807) is 11.3 Å². The minimum Gasteiger partial charge on any atom is -1.00 e. The molecule has 0 radical (unpaired) electrons. The maximum absolute atomic E-state index is 5.60. The van der Waals surface area contributed by atoms with E-state index in [-0.39, 0.29) is 23.3 Å². The van der Waals surface area contributed by atoms with Crippen LogP contribution in [-0.2, 0) is 16.0 Å². The normalized spacial score (nSPS) is 15.4. The zero-order valence-electron chi connectivity index (χ0n) is 10.7. The van der Waals surface area contributed by atoms with Gasteiger partial charge in [-0.1, -0.05) is 41.7 Å². The smallest absolute Gasteiger partial charge is 0.295 e. The molecule has 3 nitrogen and oxygen atoms in total. The third kappa shape index (κ3) is 3.23. The molecule has 3 rings (SSSR count). The van der Waals surface area contributed by atoms with E-state index in [1.807, 2.05) is 6.07 Å². The standard InChI is InChI=1S/C14H16NO2S.BrH/c1-11-10-18-13(14-16-7-8-17-14)15(11)9-12-5-3-2-4-6-12;/h2-6,10,14H,7-9H2,1H3;1H/q+1;/p-1. The molecule has 0 bridgehead atoms. The van der Waals surface area contributed by atoms with Crippen molar-refractivity contribution < 1.29 is 31.0 Å². The molecule has 0 unspecified atom stereocenters. The highest BCUT2D eigenvalue weighted by molar-refractivity contribution is 7.09. The van der Waals surface area contributed by atoms with Crippen molar-refractivity contribution in [1.82, 2.24) is 0 Å². The van der Waals surface area contributed by atoms with Gasteiger partial charge in [0.2, 0.25) is 0 Å². The van der Waals surface area contributed by atoms with Crippen molar-refractivity contribution in [3.05, 3.63) is 52.0 Å². The van der Waals surface area contributed by atoms with E-state index in [0.717, 1.165) is 11.6 Å². The van der Waals surface area contributed by atoms with Gasteiger partial charge in [0.25, 0.3) is 11.3 Å². The van der Waals surface area contributed by atoms with Crippen LogP contribution in [0.5, 0.6) is 0 Å². The lowest BCUT2D eigenvalue weighted by Crippen LogP contribution is -3.00. The summed E-state index contributed by atoms with van der Waals surface area (Å²) in [5.74, 6) is 0. The Kier molecular flexibility index (Phi) is 5.10. The molecule has 0 N–H and O–H groups in total. The highest BCUT2D eigenvalue weighted by Crippen LogP contribution is 2.25. The van der Waals surface area contributed by atoms with E-state index in [0.29, 0.717) is 13.2 Å². The van der Waals surface area contributed by atoms with Gasteiger partial charge in [0, 0.05) is 12.5 Å². The van der Waals surface area contributed by atoms with Crippen LogP contribution in [0.1, 0.15) is 22.6 Å². The minimum atomic E-state index is -0.188. The molecule has 5 heteroatoms. The van der Waals surface area contributed by atoms with Crippen molar-refractivity contribution in [2.24, 2.45) is 0 Å². The van der Waals surface area contributed by atoms with Crippen LogP contribution in [0.3, 0.4) is 0 Å². The monoisotopic (exact) mass is 341 g/mol. The Morgan fingerprint density at radius 3 is 2.58 bits per heavy atom. The summed E-state index contributed by atoms with van der Waals surface area (Å²) in [4.78, 5) is 0. The van der Waals surface area contributed by atoms with Crippen LogP contribution in [-0.4, -0.2) is 13.2 Å². The van der Waals surface area contributed by atoms with E-state index >= 15 is 0 Å². The maximum Gasteiger partial charge on any atom is 0.295 e. The Labute approximate surface area is 127 Å². The molecule has 102 valence electrons. The van der Waals surface area contributed by atoms with Gasteiger partial charge in [-0.15, -0.1) is 0 Å². The summed E-state index contributed by atoms with van der Waals surface area (Å²) in [5, 5.41) is 3.30. The number of hydrogen-bond acceptors (Lipinski definition) is 3. The van der Waals surface area contributed by atoms with Gasteiger partial charge in [-0.2, -0.15) is 4.57 Å². The highest BCUT2D eigenvalue weighted by Gasteiger charge is 2.30. The maximum atomic E-state index is 5.60. The lowest BCUT2D eigenvalue weighted by Gasteiger charge is -2.05. The van der Waals surface area contributed by atoms with Crippen LogP contribution in [0.15, 0.2) is 35.7 Å².